The number of aromatic amines is 2. The van der Waals surface area contributed by atoms with Crippen molar-refractivity contribution in [1.82, 2.24) is 25.0 Å². The number of benzene rings is 1. The van der Waals surface area contributed by atoms with Crippen molar-refractivity contribution in [3.63, 3.8) is 0 Å². The number of H-pyrrole nitrogens is 2. The molecule has 2 aromatic rings. The Balaban J connectivity index is 1.60. The predicted molar refractivity (Wildman–Crippen MR) is 107 cm³/mol. The number of likely N-dealkylation sites (tertiary alicyclic amines) is 2. The zero-order chi connectivity index (χ0) is 20.5. The summed E-state index contributed by atoms with van der Waals surface area (Å²) in [5, 5.41) is 6.02. The average Bonchev–Trinajstić information content (AvgIpc) is 3.40. The number of amides is 2. The van der Waals surface area contributed by atoms with Crippen molar-refractivity contribution in [2.24, 2.45) is 11.8 Å². The first-order chi connectivity index (χ1) is 14.0. The monoisotopic (exact) mass is 397 g/mol. The third kappa shape index (κ3) is 3.59. The van der Waals surface area contributed by atoms with Crippen molar-refractivity contribution >= 4 is 11.8 Å². The van der Waals surface area contributed by atoms with E-state index in [1.165, 1.54) is 0 Å². The lowest BCUT2D eigenvalue weighted by molar-refractivity contribution is -0.132. The second-order valence-corrected chi connectivity index (χ2v) is 8.11. The largest absolute Gasteiger partial charge is 0.341 e. The quantitative estimate of drug-likeness (QED) is 0.804. The van der Waals surface area contributed by atoms with Crippen LogP contribution in [0.5, 0.6) is 0 Å². The van der Waals surface area contributed by atoms with Crippen LogP contribution in [0.2, 0.25) is 0 Å². The fraction of sp³-hybridized carbons (Fsp3) is 0.524. The smallest absolute Gasteiger partial charge is 0.335 e. The van der Waals surface area contributed by atoms with Gasteiger partial charge in [0.25, 0.3) is 5.91 Å². The van der Waals surface area contributed by atoms with E-state index in [0.29, 0.717) is 26.1 Å². The fourth-order valence-corrected chi connectivity index (χ4v) is 4.78. The van der Waals surface area contributed by atoms with E-state index in [4.69, 9.17) is 0 Å². The Morgan fingerprint density at radius 3 is 2.69 bits per heavy atom. The van der Waals surface area contributed by atoms with Crippen LogP contribution in [0.15, 0.2) is 29.1 Å². The highest BCUT2D eigenvalue weighted by Crippen LogP contribution is 2.46. The van der Waals surface area contributed by atoms with Gasteiger partial charge < -0.3 is 9.80 Å². The molecule has 0 aliphatic carbocycles. The SMILES string of the molecule is CCCCC(=O)N1C[C@@H]2CN(C(=O)c3n[nH]c(=O)[nH]3)C[C@@H]2[C@H]1c1ccccc1C. The number of fused-ring (bicyclic) bond motifs is 1. The molecule has 2 aliphatic heterocycles. The molecule has 2 aliphatic rings. The summed E-state index contributed by atoms with van der Waals surface area (Å²) in [4.78, 5) is 43.2. The standard InChI is InChI=1S/C21H27N5O3/c1-3-4-9-17(27)26-11-14-10-25(20(28)19-22-21(29)24-23-19)12-16(14)18(26)15-8-6-5-7-13(15)2/h5-8,14,16,18H,3-4,9-12H2,1-2H3,(H2,22,23,24,29)/t14-,16-,18+/m0/s1. The Kier molecular flexibility index (Phi) is 5.25. The Bertz CT molecular complexity index is 965. The van der Waals surface area contributed by atoms with Crippen LogP contribution in [0.1, 0.15) is 54.0 Å². The Labute approximate surface area is 169 Å². The summed E-state index contributed by atoms with van der Waals surface area (Å²) in [6.07, 6.45) is 2.45. The highest BCUT2D eigenvalue weighted by Gasteiger charge is 2.50. The minimum atomic E-state index is -0.488. The number of carbonyl (C=O) groups excluding carboxylic acids is 2. The molecule has 29 heavy (non-hydrogen) atoms. The molecule has 1 aromatic carbocycles. The molecule has 0 bridgehead atoms. The lowest BCUT2D eigenvalue weighted by Gasteiger charge is -2.31. The van der Waals surface area contributed by atoms with Gasteiger partial charge in [0.15, 0.2) is 0 Å². The van der Waals surface area contributed by atoms with Crippen LogP contribution in [0.3, 0.4) is 0 Å². The number of hydrogen-bond acceptors (Lipinski definition) is 4. The first-order valence-corrected chi connectivity index (χ1v) is 10.3. The molecule has 2 amide bonds. The molecule has 8 nitrogen and oxygen atoms in total. The Morgan fingerprint density at radius 1 is 1.21 bits per heavy atom. The van der Waals surface area contributed by atoms with Crippen molar-refractivity contribution in [2.45, 2.75) is 39.2 Å². The van der Waals surface area contributed by atoms with E-state index in [9.17, 15) is 14.4 Å². The van der Waals surface area contributed by atoms with E-state index in [0.717, 1.165) is 24.0 Å². The summed E-state index contributed by atoms with van der Waals surface area (Å²) < 4.78 is 0. The fourth-order valence-electron chi connectivity index (χ4n) is 4.78. The molecule has 0 radical (unpaired) electrons. The van der Waals surface area contributed by atoms with Gasteiger partial charge in [-0.05, 0) is 24.5 Å². The minimum absolute atomic E-state index is 0.0263. The van der Waals surface area contributed by atoms with Crippen molar-refractivity contribution in [1.29, 1.82) is 0 Å². The molecule has 1 aromatic heterocycles. The van der Waals surface area contributed by atoms with Crippen LogP contribution in [-0.2, 0) is 4.79 Å². The van der Waals surface area contributed by atoms with Crippen molar-refractivity contribution < 1.29 is 9.59 Å². The number of rotatable bonds is 5. The summed E-state index contributed by atoms with van der Waals surface area (Å²) >= 11 is 0. The Hall–Kier alpha value is -2.90. The van der Waals surface area contributed by atoms with Crippen LogP contribution in [-0.4, -0.2) is 56.4 Å². The Morgan fingerprint density at radius 2 is 2.00 bits per heavy atom. The van der Waals surface area contributed by atoms with Crippen molar-refractivity contribution in [3.05, 3.63) is 51.7 Å². The molecular formula is C21H27N5O3. The van der Waals surface area contributed by atoms with Gasteiger partial charge in [-0.2, -0.15) is 0 Å². The molecule has 2 N–H and O–H groups in total. The third-order valence-corrected chi connectivity index (χ3v) is 6.23. The first-order valence-electron chi connectivity index (χ1n) is 10.3. The number of aryl methyl sites for hydroxylation is 1. The summed E-state index contributed by atoms with van der Waals surface area (Å²) in [5.74, 6) is 0.364. The van der Waals surface area contributed by atoms with Crippen LogP contribution in [0.4, 0.5) is 0 Å². The molecule has 0 saturated carbocycles. The van der Waals surface area contributed by atoms with Crippen LogP contribution in [0.25, 0.3) is 0 Å². The van der Waals surface area contributed by atoms with E-state index in [1.54, 1.807) is 4.90 Å². The van der Waals surface area contributed by atoms with Gasteiger partial charge in [-0.3, -0.25) is 14.6 Å². The average molecular weight is 397 g/mol. The molecule has 2 fully saturated rings. The van der Waals surface area contributed by atoms with Crippen LogP contribution < -0.4 is 5.69 Å². The molecule has 3 atom stereocenters. The number of aromatic nitrogens is 3. The maximum atomic E-state index is 13.0. The number of unbranched alkanes of at least 4 members (excludes halogenated alkanes) is 1. The van der Waals surface area contributed by atoms with Gasteiger partial charge in [0.05, 0.1) is 6.04 Å². The van der Waals surface area contributed by atoms with Crippen molar-refractivity contribution in [3.8, 4) is 0 Å². The third-order valence-electron chi connectivity index (χ3n) is 6.23. The molecular weight excluding hydrogens is 370 g/mol. The number of carbonyl (C=O) groups is 2. The summed E-state index contributed by atoms with van der Waals surface area (Å²) in [6, 6.07) is 8.16. The molecule has 4 rings (SSSR count). The van der Waals surface area contributed by atoms with E-state index in [1.807, 2.05) is 17.0 Å². The molecule has 0 unspecified atom stereocenters. The van der Waals surface area contributed by atoms with E-state index < -0.39 is 5.69 Å². The normalized spacial score (nSPS) is 23.4. The molecule has 154 valence electrons. The second-order valence-electron chi connectivity index (χ2n) is 8.11. The zero-order valence-corrected chi connectivity index (χ0v) is 16.9. The van der Waals surface area contributed by atoms with Gasteiger partial charge in [0, 0.05) is 37.9 Å². The van der Waals surface area contributed by atoms with Crippen LogP contribution >= 0.6 is 0 Å². The first kappa shape index (κ1) is 19.4. The van der Waals surface area contributed by atoms with Gasteiger partial charge >= 0.3 is 5.69 Å². The van der Waals surface area contributed by atoms with Crippen molar-refractivity contribution in [2.75, 3.05) is 19.6 Å². The van der Waals surface area contributed by atoms with E-state index >= 15 is 0 Å². The van der Waals surface area contributed by atoms with Gasteiger partial charge in [-0.15, -0.1) is 5.10 Å². The zero-order valence-electron chi connectivity index (χ0n) is 16.9. The number of nitrogens with zero attached hydrogens (tertiary/aromatic N) is 3. The highest BCUT2D eigenvalue weighted by molar-refractivity contribution is 5.90. The lowest BCUT2D eigenvalue weighted by atomic mass is 9.87. The predicted octanol–water partition coefficient (Wildman–Crippen LogP) is 1.87. The summed E-state index contributed by atoms with van der Waals surface area (Å²) in [6.45, 7) is 5.94. The summed E-state index contributed by atoms with van der Waals surface area (Å²) in [5.41, 5.74) is 1.83. The summed E-state index contributed by atoms with van der Waals surface area (Å²) in [7, 11) is 0. The molecule has 8 heteroatoms. The maximum absolute atomic E-state index is 13.0. The van der Waals surface area contributed by atoms with Gasteiger partial charge in [0.2, 0.25) is 11.7 Å². The van der Waals surface area contributed by atoms with Gasteiger partial charge in [-0.1, -0.05) is 37.6 Å². The number of hydrogen-bond donors (Lipinski definition) is 2. The van der Waals surface area contributed by atoms with E-state index in [2.05, 4.69) is 41.2 Å². The molecule has 3 heterocycles. The maximum Gasteiger partial charge on any atom is 0.341 e. The van der Waals surface area contributed by atoms with Gasteiger partial charge in [0.1, 0.15) is 0 Å². The number of nitrogens with one attached hydrogen (secondary N) is 2. The molecule has 2 saturated heterocycles. The van der Waals surface area contributed by atoms with Gasteiger partial charge in [-0.25, -0.2) is 9.89 Å². The van der Waals surface area contributed by atoms with E-state index in [-0.39, 0.29) is 35.5 Å². The topological polar surface area (TPSA) is 102 Å². The molecule has 0 spiro atoms. The van der Waals surface area contributed by atoms with Crippen LogP contribution in [0, 0.1) is 18.8 Å². The second kappa shape index (κ2) is 7.85. The highest BCUT2D eigenvalue weighted by atomic mass is 16.2. The minimum Gasteiger partial charge on any atom is -0.335 e. The lowest BCUT2D eigenvalue weighted by Crippen LogP contribution is -2.38.